The summed E-state index contributed by atoms with van der Waals surface area (Å²) < 4.78 is 62.3. The van der Waals surface area contributed by atoms with Gasteiger partial charge in [-0.2, -0.15) is 0 Å². The zero-order chi connectivity index (χ0) is 41.3. The van der Waals surface area contributed by atoms with E-state index in [0.717, 1.165) is 11.3 Å². The Morgan fingerprint density at radius 3 is 1.15 bits per heavy atom. The van der Waals surface area contributed by atoms with Gasteiger partial charge >= 0.3 is 23.6 Å². The Bertz CT molecular complexity index is 1030. The van der Waals surface area contributed by atoms with Crippen molar-refractivity contribution in [2.45, 2.75) is 167 Å². The highest BCUT2D eigenvalue weighted by Crippen LogP contribution is 2.38. The van der Waals surface area contributed by atoms with E-state index in [9.17, 15) is 4.79 Å². The van der Waals surface area contributed by atoms with Crippen LogP contribution in [0.15, 0.2) is 12.7 Å². The molecule has 0 aromatic carbocycles. The largest absolute Gasteiger partial charge is 0.469 e. The third-order valence-corrected chi connectivity index (χ3v) is 47.7. The van der Waals surface area contributed by atoms with Crippen molar-refractivity contribution in [3.05, 3.63) is 12.7 Å². The van der Waals surface area contributed by atoms with Crippen LogP contribution in [0.1, 0.15) is 6.42 Å². The van der Waals surface area contributed by atoms with Gasteiger partial charge in [0, 0.05) is 17.8 Å². The smallest absolute Gasteiger partial charge is 0.463 e. The molecule has 0 amide bonds. The number of hydrogen-bond acceptors (Lipinski definition) is 10. The van der Waals surface area contributed by atoms with Crippen LogP contribution in [0, 0.1) is 0 Å². The number of esters is 1. The maximum absolute atomic E-state index is 12.1. The van der Waals surface area contributed by atoms with Gasteiger partial charge in [-0.25, -0.2) is 4.79 Å². The molecule has 306 valence electrons. The summed E-state index contributed by atoms with van der Waals surface area (Å²) in [6, 6.07) is 0.532. The van der Waals surface area contributed by atoms with E-state index in [2.05, 4.69) is 144 Å². The fourth-order valence-corrected chi connectivity index (χ4v) is 49.3. The van der Waals surface area contributed by atoms with E-state index >= 15 is 0 Å². The molecule has 0 aliphatic carbocycles. The van der Waals surface area contributed by atoms with Crippen LogP contribution in [-0.4, -0.2) is 116 Å². The molecule has 0 aliphatic rings. The maximum Gasteiger partial charge on any atom is 0.469 e. The molecule has 0 aromatic rings. The fourth-order valence-electron chi connectivity index (χ4n) is 5.05. The molecular formula is C30H78O10Si12. The van der Waals surface area contributed by atoms with Crippen molar-refractivity contribution in [2.24, 2.45) is 0 Å². The highest BCUT2D eigenvalue weighted by atomic mass is 28.5. The molecule has 0 spiro atoms. The minimum absolute atomic E-state index is 0.234. The minimum atomic E-state index is -3.47. The Hall–Kier alpha value is 1.49. The molecule has 0 saturated carbocycles. The monoisotopic (exact) mass is 934 g/mol. The standard InChI is InChI=1S/C30H78O10Si12/c1-23-30(31)32-25-24-26-51(38-48(17,18)27-41-33-43(2,3)4,39-49(19,20)28-42-34-44(5,6)7)40-50(21,22)29-52(35-45(8,9)10,36-46(11,12)13)37-47(14,15)16/h23H,1,24-29H2,2-22H3. The quantitative estimate of drug-likeness (QED) is 0.0343. The van der Waals surface area contributed by atoms with Gasteiger partial charge in [0.1, 0.15) is 0 Å². The predicted molar refractivity (Wildman–Crippen MR) is 246 cm³/mol. The van der Waals surface area contributed by atoms with E-state index in [1.807, 2.05) is 0 Å². The lowest BCUT2D eigenvalue weighted by Crippen LogP contribution is -2.67. The SMILES string of the molecule is C=CC(=O)OCCC[Si](O[Si](C)(C)C[Si]O[Si](C)(C)C)(O[Si](C)(C)C[Si]O[Si](C)(C)C)O[Si](C)(C)C[Si](O[Si](C)(C)C)(O[Si](C)(C)C)O[Si](C)(C)C. The van der Waals surface area contributed by atoms with Crippen LogP contribution < -0.4 is 0 Å². The van der Waals surface area contributed by atoms with E-state index in [0.29, 0.717) is 37.7 Å². The van der Waals surface area contributed by atoms with Crippen molar-refractivity contribution in [1.29, 1.82) is 0 Å². The van der Waals surface area contributed by atoms with E-state index in [-0.39, 0.29) is 6.61 Å². The van der Waals surface area contributed by atoms with E-state index < -0.39 is 90.1 Å². The second kappa shape index (κ2) is 20.5. The first kappa shape index (κ1) is 53.5. The van der Waals surface area contributed by atoms with Crippen LogP contribution in [0.2, 0.25) is 161 Å². The molecule has 0 fully saturated rings. The molecule has 0 saturated heterocycles. The van der Waals surface area contributed by atoms with Crippen LogP contribution in [0.25, 0.3) is 0 Å². The van der Waals surface area contributed by atoms with Crippen LogP contribution in [-0.2, 0) is 42.5 Å². The summed E-state index contributed by atoms with van der Waals surface area (Å²) in [7, 11) is -23.3. The number of carbonyl (C=O) groups is 1. The Morgan fingerprint density at radius 2 is 0.846 bits per heavy atom. The van der Waals surface area contributed by atoms with Gasteiger partial charge in [-0.05, 0) is 155 Å². The average molecular weight is 936 g/mol. The molecular weight excluding hydrogens is 857 g/mol. The van der Waals surface area contributed by atoms with Gasteiger partial charge < -0.3 is 37.7 Å². The summed E-state index contributed by atoms with van der Waals surface area (Å²) >= 11 is 0. The van der Waals surface area contributed by atoms with Gasteiger partial charge in [-0.3, -0.25) is 0 Å². The van der Waals surface area contributed by atoms with E-state index in [1.165, 1.54) is 6.08 Å². The van der Waals surface area contributed by atoms with Crippen LogP contribution in [0.3, 0.4) is 0 Å². The molecule has 22 heteroatoms. The first-order chi connectivity index (χ1) is 22.8. The maximum atomic E-state index is 12.1. The zero-order valence-electron chi connectivity index (χ0n) is 37.1. The molecule has 0 aliphatic heterocycles. The molecule has 4 radical (unpaired) electrons. The molecule has 0 atom stereocenters. The summed E-state index contributed by atoms with van der Waals surface area (Å²) in [4.78, 5) is 12.1. The van der Waals surface area contributed by atoms with E-state index in [1.54, 1.807) is 0 Å². The van der Waals surface area contributed by atoms with Crippen LogP contribution >= 0.6 is 0 Å². The van der Waals surface area contributed by atoms with Crippen molar-refractivity contribution in [3.63, 3.8) is 0 Å². The molecule has 10 nitrogen and oxygen atoms in total. The summed E-state index contributed by atoms with van der Waals surface area (Å²) in [6.45, 7) is 50.7. The van der Waals surface area contributed by atoms with Crippen LogP contribution in [0.4, 0.5) is 0 Å². The third kappa shape index (κ3) is 27.2. The average Bonchev–Trinajstić information content (AvgIpc) is 2.79. The molecule has 52 heavy (non-hydrogen) atoms. The lowest BCUT2D eigenvalue weighted by Gasteiger charge is -2.48. The first-order valence-electron chi connectivity index (χ1n) is 18.6. The molecule has 0 rings (SSSR count). The molecule has 0 N–H and O–H groups in total. The van der Waals surface area contributed by atoms with E-state index in [4.69, 9.17) is 37.7 Å². The molecule has 0 aromatic heterocycles. The second-order valence-corrected chi connectivity index (χ2v) is 66.6. The molecule has 0 heterocycles. The van der Waals surface area contributed by atoms with Gasteiger partial charge in [0.15, 0.2) is 66.5 Å². The minimum Gasteiger partial charge on any atom is -0.463 e. The van der Waals surface area contributed by atoms with Gasteiger partial charge in [0.05, 0.1) is 6.61 Å². The number of hydrogen-bond donors (Lipinski definition) is 0. The van der Waals surface area contributed by atoms with Crippen molar-refractivity contribution in [2.75, 3.05) is 6.61 Å². The fraction of sp³-hybridized carbons (Fsp3) is 0.900. The van der Waals surface area contributed by atoms with Gasteiger partial charge in [-0.15, -0.1) is 0 Å². The Balaban J connectivity index is 7.33. The lowest BCUT2D eigenvalue weighted by atomic mass is 10.5. The number of carbonyl (C=O) groups excluding carboxylic acids is 1. The van der Waals surface area contributed by atoms with Crippen LogP contribution in [0.5, 0.6) is 0 Å². The topological polar surface area (TPSA) is 100 Å². The Morgan fingerprint density at radius 1 is 0.500 bits per heavy atom. The predicted octanol–water partition coefficient (Wildman–Crippen LogP) is 9.60. The summed E-state index contributed by atoms with van der Waals surface area (Å²) in [6.07, 6.45) is 1.76. The molecule has 0 unspecified atom stereocenters. The number of ether oxygens (including phenoxy) is 1. The van der Waals surface area contributed by atoms with Gasteiger partial charge in [0.2, 0.25) is 19.5 Å². The van der Waals surface area contributed by atoms with Gasteiger partial charge in [-0.1, -0.05) is 6.58 Å². The van der Waals surface area contributed by atoms with Gasteiger partial charge in [0.25, 0.3) is 0 Å². The first-order valence-corrected chi connectivity index (χ1v) is 51.1. The van der Waals surface area contributed by atoms with Crippen molar-refractivity contribution in [3.8, 4) is 0 Å². The Kier molecular flexibility index (Phi) is 21.0. The highest BCUT2D eigenvalue weighted by molar-refractivity contribution is 6.99. The van der Waals surface area contributed by atoms with Crippen molar-refractivity contribution in [1.82, 2.24) is 0 Å². The summed E-state index contributed by atoms with van der Waals surface area (Å²) in [5, 5.41) is 0. The molecule has 0 bridgehead atoms. The lowest BCUT2D eigenvalue weighted by molar-refractivity contribution is -0.137. The second-order valence-electron chi connectivity index (χ2n) is 20.3. The van der Waals surface area contributed by atoms with Crippen molar-refractivity contribution >= 4 is 110 Å². The summed E-state index contributed by atoms with van der Waals surface area (Å²) in [5.41, 5.74) is 2.31. The third-order valence-electron chi connectivity index (χ3n) is 6.11. The normalized spacial score (nSPS) is 14.9. The van der Waals surface area contributed by atoms with Crippen molar-refractivity contribution < 1.29 is 42.5 Å². The summed E-state index contributed by atoms with van der Waals surface area (Å²) in [5.74, 6) is -0.435. The zero-order valence-corrected chi connectivity index (χ0v) is 49.1. The number of rotatable bonds is 27. The Labute approximate surface area is 336 Å². The highest BCUT2D eigenvalue weighted by Gasteiger charge is 2.58.